The maximum atomic E-state index is 14.1. The smallest absolute Gasteiger partial charge is 0.264 e. The topological polar surface area (TPSA) is 86.8 Å². The number of hydrogen-bond acceptors (Lipinski definition) is 4. The van der Waals surface area contributed by atoms with E-state index < -0.39 is 34.1 Å². The molecule has 3 aromatic carbocycles. The lowest BCUT2D eigenvalue weighted by atomic mass is 10.1. The van der Waals surface area contributed by atoms with Gasteiger partial charge in [0.05, 0.1) is 10.6 Å². The van der Waals surface area contributed by atoms with Gasteiger partial charge in [-0.2, -0.15) is 0 Å². The van der Waals surface area contributed by atoms with Gasteiger partial charge in [-0.05, 0) is 70.9 Å². The molecular weight excluding hydrogens is 510 g/mol. The maximum absolute atomic E-state index is 14.1. The van der Waals surface area contributed by atoms with E-state index in [-0.39, 0.29) is 17.3 Å². The molecule has 0 aliphatic rings. The summed E-state index contributed by atoms with van der Waals surface area (Å²) >= 11 is 0. The number of amides is 2. The number of carbonyl (C=O) groups is 2. The second-order valence-corrected chi connectivity index (χ2v) is 12.7. The molecule has 7 nitrogen and oxygen atoms in total. The average Bonchev–Trinajstić information content (AvgIpc) is 2.88. The van der Waals surface area contributed by atoms with E-state index >= 15 is 0 Å². The minimum atomic E-state index is -4.07. The average molecular weight is 550 g/mol. The van der Waals surface area contributed by atoms with E-state index in [4.69, 9.17) is 0 Å². The molecule has 0 aromatic heterocycles. The Bertz CT molecular complexity index is 1360. The Morgan fingerprint density at radius 1 is 0.846 bits per heavy atom. The highest BCUT2D eigenvalue weighted by atomic mass is 32.2. The largest absolute Gasteiger partial charge is 0.350 e. The molecule has 0 saturated heterocycles. The predicted molar refractivity (Wildman–Crippen MR) is 156 cm³/mol. The van der Waals surface area contributed by atoms with Crippen molar-refractivity contribution in [1.82, 2.24) is 10.2 Å². The van der Waals surface area contributed by atoms with Crippen molar-refractivity contribution >= 4 is 27.5 Å². The van der Waals surface area contributed by atoms with Crippen molar-refractivity contribution in [3.05, 3.63) is 95.6 Å². The Hall–Kier alpha value is -3.65. The summed E-state index contributed by atoms with van der Waals surface area (Å²) in [5, 5.41) is 2.98. The predicted octanol–water partition coefficient (Wildman–Crippen LogP) is 5.22. The van der Waals surface area contributed by atoms with Crippen LogP contribution in [0.25, 0.3) is 0 Å². The van der Waals surface area contributed by atoms with Crippen molar-refractivity contribution in [1.29, 1.82) is 0 Å². The summed E-state index contributed by atoms with van der Waals surface area (Å²) in [6.45, 7) is 11.1. The van der Waals surface area contributed by atoms with Gasteiger partial charge in [-0.25, -0.2) is 8.42 Å². The summed E-state index contributed by atoms with van der Waals surface area (Å²) in [5.74, 6) is -0.746. The van der Waals surface area contributed by atoms with Gasteiger partial charge in [0.25, 0.3) is 10.0 Å². The fraction of sp³-hybridized carbons (Fsp3) is 0.355. The quantitative estimate of drug-likeness (QED) is 0.376. The van der Waals surface area contributed by atoms with Crippen molar-refractivity contribution in [2.24, 2.45) is 0 Å². The van der Waals surface area contributed by atoms with Gasteiger partial charge in [0.2, 0.25) is 11.8 Å². The SMILES string of the molecule is CCC(C(=O)NC(C)(C)C)N(Cc1ccc(C)cc1)C(=O)CN(c1ccc(C)cc1)S(=O)(=O)c1ccccc1. The third kappa shape index (κ3) is 7.93. The highest BCUT2D eigenvalue weighted by molar-refractivity contribution is 7.92. The molecule has 0 radical (unpaired) electrons. The number of anilines is 1. The van der Waals surface area contributed by atoms with Crippen molar-refractivity contribution < 1.29 is 18.0 Å². The van der Waals surface area contributed by atoms with Crippen molar-refractivity contribution in [3.63, 3.8) is 0 Å². The third-order valence-electron chi connectivity index (χ3n) is 6.29. The summed E-state index contributed by atoms with van der Waals surface area (Å²) in [6.07, 6.45) is 0.371. The zero-order chi connectivity index (χ0) is 28.8. The highest BCUT2D eigenvalue weighted by Crippen LogP contribution is 2.25. The molecule has 8 heteroatoms. The van der Waals surface area contributed by atoms with Crippen molar-refractivity contribution in [2.45, 2.75) is 71.0 Å². The van der Waals surface area contributed by atoms with Crippen LogP contribution in [0.2, 0.25) is 0 Å². The number of carbonyl (C=O) groups excluding carboxylic acids is 2. The number of hydrogen-bond donors (Lipinski definition) is 1. The first-order chi connectivity index (χ1) is 18.3. The van der Waals surface area contributed by atoms with Gasteiger partial charge in [-0.1, -0.05) is 72.6 Å². The first kappa shape index (κ1) is 29.9. The van der Waals surface area contributed by atoms with E-state index in [1.807, 2.05) is 77.9 Å². The second-order valence-electron chi connectivity index (χ2n) is 10.8. The van der Waals surface area contributed by atoms with Gasteiger partial charge in [0.1, 0.15) is 12.6 Å². The van der Waals surface area contributed by atoms with Gasteiger partial charge < -0.3 is 10.2 Å². The molecule has 3 rings (SSSR count). The van der Waals surface area contributed by atoms with Crippen molar-refractivity contribution in [2.75, 3.05) is 10.8 Å². The number of aryl methyl sites for hydroxylation is 2. The number of nitrogens with zero attached hydrogens (tertiary/aromatic N) is 2. The van der Waals surface area contributed by atoms with Crippen LogP contribution in [0.15, 0.2) is 83.8 Å². The van der Waals surface area contributed by atoms with Gasteiger partial charge in [-0.3, -0.25) is 13.9 Å². The van der Waals surface area contributed by atoms with Gasteiger partial charge in [0.15, 0.2) is 0 Å². The minimum Gasteiger partial charge on any atom is -0.350 e. The molecule has 1 N–H and O–H groups in total. The first-order valence-electron chi connectivity index (χ1n) is 13.1. The summed E-state index contributed by atoms with van der Waals surface area (Å²) < 4.78 is 28.7. The van der Waals surface area contributed by atoms with E-state index in [9.17, 15) is 18.0 Å². The summed E-state index contributed by atoms with van der Waals surface area (Å²) in [7, 11) is -4.07. The van der Waals surface area contributed by atoms with E-state index in [1.54, 1.807) is 30.3 Å². The van der Waals surface area contributed by atoms with E-state index in [0.717, 1.165) is 21.0 Å². The maximum Gasteiger partial charge on any atom is 0.264 e. The van der Waals surface area contributed by atoms with E-state index in [1.165, 1.54) is 17.0 Å². The third-order valence-corrected chi connectivity index (χ3v) is 8.08. The summed E-state index contributed by atoms with van der Waals surface area (Å²) in [4.78, 5) is 29.0. The van der Waals surface area contributed by atoms with E-state index in [0.29, 0.717) is 12.1 Å². The van der Waals surface area contributed by atoms with Crippen molar-refractivity contribution in [3.8, 4) is 0 Å². The van der Waals surface area contributed by atoms with Gasteiger partial charge in [0, 0.05) is 12.1 Å². The molecule has 39 heavy (non-hydrogen) atoms. The molecule has 0 spiro atoms. The van der Waals surface area contributed by atoms with Crippen LogP contribution in [0.4, 0.5) is 5.69 Å². The molecule has 0 heterocycles. The molecule has 0 aliphatic carbocycles. The molecule has 1 atom stereocenters. The van der Waals surface area contributed by atoms with E-state index in [2.05, 4.69) is 5.32 Å². The molecule has 0 aliphatic heterocycles. The number of benzene rings is 3. The van der Waals surface area contributed by atoms with Crippen LogP contribution in [-0.2, 0) is 26.2 Å². The highest BCUT2D eigenvalue weighted by Gasteiger charge is 2.34. The summed E-state index contributed by atoms with van der Waals surface area (Å²) in [5.41, 5.74) is 2.78. The van der Waals surface area contributed by atoms with Crippen LogP contribution in [0, 0.1) is 13.8 Å². The second kappa shape index (κ2) is 12.5. The molecular formula is C31H39N3O4S. The lowest BCUT2D eigenvalue weighted by Crippen LogP contribution is -2.55. The van der Waals surface area contributed by atoms with Gasteiger partial charge in [-0.15, -0.1) is 0 Å². The Balaban J connectivity index is 2.05. The first-order valence-corrected chi connectivity index (χ1v) is 14.6. The van der Waals surface area contributed by atoms with Crippen LogP contribution >= 0.6 is 0 Å². The zero-order valence-corrected chi connectivity index (χ0v) is 24.5. The lowest BCUT2D eigenvalue weighted by Gasteiger charge is -2.34. The normalized spacial score (nSPS) is 12.5. The number of rotatable bonds is 10. The Morgan fingerprint density at radius 2 is 1.38 bits per heavy atom. The molecule has 208 valence electrons. The molecule has 3 aromatic rings. The van der Waals surface area contributed by atoms with Crippen LogP contribution in [0.5, 0.6) is 0 Å². The van der Waals surface area contributed by atoms with Crippen LogP contribution in [-0.4, -0.2) is 43.3 Å². The molecule has 0 bridgehead atoms. The fourth-order valence-electron chi connectivity index (χ4n) is 4.22. The Labute approximate surface area is 232 Å². The number of sulfonamides is 1. The Kier molecular flexibility index (Phi) is 9.56. The summed E-state index contributed by atoms with van der Waals surface area (Å²) in [6, 6.07) is 22.0. The van der Waals surface area contributed by atoms with Crippen LogP contribution in [0.1, 0.15) is 50.8 Å². The molecule has 0 fully saturated rings. The molecule has 2 amide bonds. The Morgan fingerprint density at radius 3 is 1.90 bits per heavy atom. The number of nitrogens with one attached hydrogen (secondary N) is 1. The molecule has 0 saturated carbocycles. The van der Waals surface area contributed by atoms with Gasteiger partial charge >= 0.3 is 0 Å². The van der Waals surface area contributed by atoms with Crippen LogP contribution in [0.3, 0.4) is 0 Å². The lowest BCUT2D eigenvalue weighted by molar-refractivity contribution is -0.141. The molecule has 1 unspecified atom stereocenters. The zero-order valence-electron chi connectivity index (χ0n) is 23.6. The standard InChI is InChI=1S/C31H39N3O4S/c1-7-28(30(36)32-31(4,5)6)33(21-25-17-13-23(2)14-18-25)29(35)22-34(26-19-15-24(3)16-20-26)39(37,38)27-11-9-8-10-12-27/h8-20,28H,7,21-22H2,1-6H3,(H,32,36). The monoisotopic (exact) mass is 549 g/mol. The van der Waals surface area contributed by atoms with Crippen LogP contribution < -0.4 is 9.62 Å². The fourth-order valence-corrected chi connectivity index (χ4v) is 5.66. The minimum absolute atomic E-state index is 0.0842.